The first-order valence-electron chi connectivity index (χ1n) is 11.7. The van der Waals surface area contributed by atoms with Crippen LogP contribution >= 0.6 is 11.8 Å². The Hall–Kier alpha value is -3.38. The highest BCUT2D eigenvalue weighted by atomic mass is 32.2. The molecule has 5 rings (SSSR count). The van der Waals surface area contributed by atoms with Crippen molar-refractivity contribution >= 4 is 28.7 Å². The minimum atomic E-state index is -0.109. The van der Waals surface area contributed by atoms with Crippen LogP contribution in [0.25, 0.3) is 11.0 Å². The molecule has 3 aromatic carbocycles. The standard InChI is InChI=1S/C28H27N3O2S/c32-27(30-22-17-19-34-26-13-7-4-10-21(22)26)15-14-24-28(33)31(18-16-20-8-2-1-3-9-20)25-12-6-5-11-23(25)29-24/h1-13,22H,14-19H2,(H,30,32)/t22-/m1/s1. The molecule has 1 atom stereocenters. The van der Waals surface area contributed by atoms with Crippen molar-refractivity contribution in [2.24, 2.45) is 0 Å². The number of amides is 1. The van der Waals surface area contributed by atoms with E-state index < -0.39 is 0 Å². The summed E-state index contributed by atoms with van der Waals surface area (Å²) in [4.78, 5) is 32.0. The average molecular weight is 470 g/mol. The second kappa shape index (κ2) is 10.3. The Morgan fingerprint density at radius 1 is 0.971 bits per heavy atom. The lowest BCUT2D eigenvalue weighted by molar-refractivity contribution is -0.121. The van der Waals surface area contributed by atoms with Gasteiger partial charge in [-0.2, -0.15) is 0 Å². The number of hydrogen-bond acceptors (Lipinski definition) is 4. The molecule has 34 heavy (non-hydrogen) atoms. The summed E-state index contributed by atoms with van der Waals surface area (Å²) in [5.41, 5.74) is 4.31. The van der Waals surface area contributed by atoms with Crippen LogP contribution in [0, 0.1) is 0 Å². The minimum Gasteiger partial charge on any atom is -0.349 e. The smallest absolute Gasteiger partial charge is 0.272 e. The van der Waals surface area contributed by atoms with Gasteiger partial charge >= 0.3 is 0 Å². The third-order valence-corrected chi connectivity index (χ3v) is 7.39. The second-order valence-electron chi connectivity index (χ2n) is 8.53. The zero-order valence-electron chi connectivity index (χ0n) is 18.9. The van der Waals surface area contributed by atoms with Gasteiger partial charge < -0.3 is 9.88 Å². The Balaban J connectivity index is 1.32. The van der Waals surface area contributed by atoms with E-state index in [0.717, 1.165) is 29.6 Å². The largest absolute Gasteiger partial charge is 0.349 e. The van der Waals surface area contributed by atoms with Crippen molar-refractivity contribution in [1.82, 2.24) is 14.9 Å². The molecule has 172 valence electrons. The normalized spacial score (nSPS) is 15.1. The molecule has 5 nitrogen and oxygen atoms in total. The number of hydrogen-bond donors (Lipinski definition) is 1. The van der Waals surface area contributed by atoms with Gasteiger partial charge in [0.2, 0.25) is 5.91 Å². The van der Waals surface area contributed by atoms with Crippen LogP contribution in [0.5, 0.6) is 0 Å². The summed E-state index contributed by atoms with van der Waals surface area (Å²) in [5.74, 6) is 0.942. The molecular weight excluding hydrogens is 442 g/mol. The van der Waals surface area contributed by atoms with Gasteiger partial charge in [-0.25, -0.2) is 4.98 Å². The lowest BCUT2D eigenvalue weighted by Gasteiger charge is -2.25. The van der Waals surface area contributed by atoms with Crippen molar-refractivity contribution < 1.29 is 4.79 Å². The summed E-state index contributed by atoms with van der Waals surface area (Å²) < 4.78 is 1.80. The molecule has 0 aliphatic carbocycles. The first-order chi connectivity index (χ1) is 16.7. The summed E-state index contributed by atoms with van der Waals surface area (Å²) >= 11 is 1.83. The first kappa shape index (κ1) is 22.4. The lowest BCUT2D eigenvalue weighted by Crippen LogP contribution is -2.32. The quantitative estimate of drug-likeness (QED) is 0.417. The number of rotatable bonds is 7. The molecular formula is C28H27N3O2S. The maximum Gasteiger partial charge on any atom is 0.272 e. The summed E-state index contributed by atoms with van der Waals surface area (Å²) in [6.07, 6.45) is 2.23. The molecule has 1 aliphatic rings. The lowest BCUT2D eigenvalue weighted by atomic mass is 10.0. The van der Waals surface area contributed by atoms with E-state index in [0.29, 0.717) is 18.7 Å². The molecule has 0 spiro atoms. The van der Waals surface area contributed by atoms with Gasteiger partial charge in [0, 0.05) is 30.0 Å². The Kier molecular flexibility index (Phi) is 6.77. The van der Waals surface area contributed by atoms with Crippen LogP contribution in [-0.4, -0.2) is 21.2 Å². The predicted molar refractivity (Wildman–Crippen MR) is 137 cm³/mol. The van der Waals surface area contributed by atoms with E-state index in [9.17, 15) is 9.59 Å². The summed E-state index contributed by atoms with van der Waals surface area (Å²) in [5, 5.41) is 3.17. The number of fused-ring (bicyclic) bond motifs is 2. The summed E-state index contributed by atoms with van der Waals surface area (Å²) in [7, 11) is 0. The van der Waals surface area contributed by atoms with E-state index in [1.165, 1.54) is 16.0 Å². The van der Waals surface area contributed by atoms with Crippen LogP contribution in [0.2, 0.25) is 0 Å². The van der Waals surface area contributed by atoms with Crippen molar-refractivity contribution in [2.45, 2.75) is 43.2 Å². The van der Waals surface area contributed by atoms with Gasteiger partial charge in [0.05, 0.1) is 17.1 Å². The van der Waals surface area contributed by atoms with Gasteiger partial charge in [-0.15, -0.1) is 11.8 Å². The third-order valence-electron chi connectivity index (χ3n) is 6.27. The van der Waals surface area contributed by atoms with Crippen LogP contribution < -0.4 is 10.9 Å². The van der Waals surface area contributed by atoms with Gasteiger partial charge in [0.25, 0.3) is 5.56 Å². The van der Waals surface area contributed by atoms with Gasteiger partial charge in [-0.1, -0.05) is 60.7 Å². The average Bonchev–Trinajstić information content (AvgIpc) is 2.88. The summed E-state index contributed by atoms with van der Waals surface area (Å²) in [6.45, 7) is 0.571. The number of para-hydroxylation sites is 2. The van der Waals surface area contributed by atoms with E-state index >= 15 is 0 Å². The number of aromatic nitrogens is 2. The number of carbonyl (C=O) groups excluding carboxylic acids is 1. The number of benzene rings is 3. The highest BCUT2D eigenvalue weighted by molar-refractivity contribution is 7.99. The molecule has 1 N–H and O–H groups in total. The number of aryl methyl sites for hydroxylation is 3. The van der Waals surface area contributed by atoms with Gasteiger partial charge in [-0.3, -0.25) is 9.59 Å². The molecule has 0 radical (unpaired) electrons. The fourth-order valence-electron chi connectivity index (χ4n) is 4.51. The van der Waals surface area contributed by atoms with Crippen molar-refractivity contribution in [3.8, 4) is 0 Å². The summed E-state index contributed by atoms with van der Waals surface area (Å²) in [6, 6.07) is 26.1. The molecule has 0 unspecified atom stereocenters. The zero-order chi connectivity index (χ0) is 23.3. The van der Waals surface area contributed by atoms with E-state index in [1.54, 1.807) is 4.57 Å². The highest BCUT2D eigenvalue weighted by Crippen LogP contribution is 2.35. The molecule has 1 aromatic heterocycles. The molecule has 2 heterocycles. The number of nitrogens with one attached hydrogen (secondary N) is 1. The second-order valence-corrected chi connectivity index (χ2v) is 9.67. The Morgan fingerprint density at radius 3 is 2.62 bits per heavy atom. The Morgan fingerprint density at radius 2 is 1.74 bits per heavy atom. The molecule has 1 aliphatic heterocycles. The molecule has 0 fully saturated rings. The SMILES string of the molecule is O=C(CCc1nc2ccccc2n(CCc2ccccc2)c1=O)N[C@@H]1CCSc2ccccc21. The monoisotopic (exact) mass is 469 g/mol. The van der Waals surface area contributed by atoms with Gasteiger partial charge in [0.1, 0.15) is 5.69 Å². The fourth-order valence-corrected chi connectivity index (χ4v) is 5.63. The Bertz CT molecular complexity index is 1370. The van der Waals surface area contributed by atoms with Crippen LogP contribution in [-0.2, 0) is 24.2 Å². The van der Waals surface area contributed by atoms with Crippen LogP contribution in [0.1, 0.15) is 35.7 Å². The maximum absolute atomic E-state index is 13.3. The zero-order valence-corrected chi connectivity index (χ0v) is 19.8. The van der Waals surface area contributed by atoms with Crippen molar-refractivity contribution in [3.05, 3.63) is 106 Å². The van der Waals surface area contributed by atoms with E-state index in [1.807, 2.05) is 66.4 Å². The molecule has 6 heteroatoms. The topological polar surface area (TPSA) is 64.0 Å². The number of carbonyl (C=O) groups is 1. The van der Waals surface area contributed by atoms with Gasteiger partial charge in [-0.05, 0) is 42.2 Å². The third kappa shape index (κ3) is 4.92. The van der Waals surface area contributed by atoms with Gasteiger partial charge in [0.15, 0.2) is 0 Å². The molecule has 0 saturated heterocycles. The van der Waals surface area contributed by atoms with Crippen LogP contribution in [0.15, 0.2) is 88.6 Å². The molecule has 0 bridgehead atoms. The van der Waals surface area contributed by atoms with Crippen molar-refractivity contribution in [2.75, 3.05) is 5.75 Å². The van der Waals surface area contributed by atoms with Crippen molar-refractivity contribution in [1.29, 1.82) is 0 Å². The molecule has 4 aromatic rings. The van der Waals surface area contributed by atoms with Crippen molar-refractivity contribution in [3.63, 3.8) is 0 Å². The molecule has 1 amide bonds. The van der Waals surface area contributed by atoms with Crippen LogP contribution in [0.3, 0.4) is 0 Å². The first-order valence-corrected chi connectivity index (χ1v) is 12.7. The maximum atomic E-state index is 13.3. The number of nitrogens with zero attached hydrogens (tertiary/aromatic N) is 2. The Labute approximate surface area is 203 Å². The minimum absolute atomic E-state index is 0.0250. The van der Waals surface area contributed by atoms with Crippen LogP contribution in [0.4, 0.5) is 0 Å². The molecule has 0 saturated carbocycles. The number of thioether (sulfide) groups is 1. The van der Waals surface area contributed by atoms with E-state index in [-0.39, 0.29) is 23.9 Å². The fraction of sp³-hybridized carbons (Fsp3) is 0.250. The van der Waals surface area contributed by atoms with E-state index in [4.69, 9.17) is 0 Å². The van der Waals surface area contributed by atoms with E-state index in [2.05, 4.69) is 34.6 Å². The highest BCUT2D eigenvalue weighted by Gasteiger charge is 2.22. The predicted octanol–water partition coefficient (Wildman–Crippen LogP) is 4.93.